The summed E-state index contributed by atoms with van der Waals surface area (Å²) in [6, 6.07) is 10.6. The Morgan fingerprint density at radius 1 is 1.17 bits per heavy atom. The lowest BCUT2D eigenvalue weighted by Crippen LogP contribution is -2.47. The van der Waals surface area contributed by atoms with Crippen molar-refractivity contribution in [2.45, 2.75) is 32.7 Å². The van der Waals surface area contributed by atoms with Gasteiger partial charge in [0.2, 0.25) is 0 Å². The molecule has 2 N–H and O–H groups in total. The Kier molecular flexibility index (Phi) is 8.76. The van der Waals surface area contributed by atoms with Crippen LogP contribution < -0.4 is 10.6 Å². The number of nitrogens with one attached hydrogen (secondary N) is 2. The second kappa shape index (κ2) is 10.0. The average Bonchev–Trinajstić information content (AvgIpc) is 2.55. The van der Waals surface area contributed by atoms with Crippen LogP contribution in [0.2, 0.25) is 0 Å². The van der Waals surface area contributed by atoms with Crippen molar-refractivity contribution < 1.29 is 0 Å². The van der Waals surface area contributed by atoms with E-state index in [9.17, 15) is 0 Å². The maximum absolute atomic E-state index is 4.42. The first-order valence-electron chi connectivity index (χ1n) is 8.45. The number of halogens is 1. The minimum atomic E-state index is 0. The van der Waals surface area contributed by atoms with Crippen molar-refractivity contribution in [3.8, 4) is 0 Å². The first kappa shape index (κ1) is 21.0. The van der Waals surface area contributed by atoms with Crippen molar-refractivity contribution in [3.63, 3.8) is 0 Å². The molecular weight excluding hydrogens is 411 g/mol. The van der Waals surface area contributed by atoms with Crippen molar-refractivity contribution in [2.75, 3.05) is 33.2 Å². The fourth-order valence-corrected chi connectivity index (χ4v) is 2.72. The molecule has 4 nitrogen and oxygen atoms in total. The third-order valence-electron chi connectivity index (χ3n) is 3.93. The van der Waals surface area contributed by atoms with Crippen LogP contribution in [0.3, 0.4) is 0 Å². The van der Waals surface area contributed by atoms with Crippen LogP contribution >= 0.6 is 24.0 Å². The summed E-state index contributed by atoms with van der Waals surface area (Å²) in [4.78, 5) is 6.73. The first-order valence-corrected chi connectivity index (χ1v) is 8.45. The molecule has 1 aromatic rings. The lowest BCUT2D eigenvalue weighted by molar-refractivity contribution is 0.415. The van der Waals surface area contributed by atoms with Crippen LogP contribution in [-0.2, 0) is 0 Å². The highest BCUT2D eigenvalue weighted by Gasteiger charge is 2.16. The highest BCUT2D eigenvalue weighted by atomic mass is 127. The Morgan fingerprint density at radius 2 is 1.88 bits per heavy atom. The van der Waals surface area contributed by atoms with E-state index in [0.29, 0.717) is 0 Å². The predicted molar refractivity (Wildman–Crippen MR) is 115 cm³/mol. The number of hydrogen-bond donors (Lipinski definition) is 2. The summed E-state index contributed by atoms with van der Waals surface area (Å²) in [5.74, 6) is 0.990. The molecule has 0 spiro atoms. The largest absolute Gasteiger partial charge is 0.355 e. The smallest absolute Gasteiger partial charge is 0.193 e. The van der Waals surface area contributed by atoms with Crippen molar-refractivity contribution in [1.82, 2.24) is 15.5 Å². The van der Waals surface area contributed by atoms with Gasteiger partial charge < -0.3 is 15.5 Å². The van der Waals surface area contributed by atoms with Gasteiger partial charge in [-0.3, -0.25) is 4.99 Å². The lowest BCUT2D eigenvalue weighted by atomic mass is 10.00. The molecule has 0 saturated carbocycles. The molecule has 0 radical (unpaired) electrons. The minimum Gasteiger partial charge on any atom is -0.355 e. The molecule has 0 amide bonds. The number of aliphatic imine (C=N–C) groups is 1. The van der Waals surface area contributed by atoms with Crippen molar-refractivity contribution in [2.24, 2.45) is 4.99 Å². The molecule has 2 rings (SSSR count). The highest BCUT2D eigenvalue weighted by molar-refractivity contribution is 14.0. The van der Waals surface area contributed by atoms with E-state index < -0.39 is 0 Å². The summed E-state index contributed by atoms with van der Waals surface area (Å²) >= 11 is 0. The Labute approximate surface area is 163 Å². The molecule has 1 aliphatic rings. The molecule has 1 heterocycles. The van der Waals surface area contributed by atoms with Gasteiger partial charge in [-0.05, 0) is 38.3 Å². The molecule has 0 bridgehead atoms. The van der Waals surface area contributed by atoms with Gasteiger partial charge in [0, 0.05) is 38.8 Å². The molecule has 0 atom stereocenters. The van der Waals surface area contributed by atoms with Crippen LogP contribution in [0.1, 0.15) is 32.8 Å². The summed E-state index contributed by atoms with van der Waals surface area (Å²) in [6.45, 7) is 10.3. The van der Waals surface area contributed by atoms with Gasteiger partial charge >= 0.3 is 0 Å². The van der Waals surface area contributed by atoms with Gasteiger partial charge in [-0.15, -0.1) is 24.0 Å². The summed E-state index contributed by atoms with van der Waals surface area (Å²) in [6.07, 6.45) is 3.38. The maximum atomic E-state index is 4.42. The van der Waals surface area contributed by atoms with Crippen LogP contribution in [0.25, 0.3) is 5.57 Å². The topological polar surface area (TPSA) is 39.7 Å². The van der Waals surface area contributed by atoms with Gasteiger partial charge in [0.1, 0.15) is 0 Å². The predicted octanol–water partition coefficient (Wildman–Crippen LogP) is 3.36. The molecule has 0 aliphatic carbocycles. The summed E-state index contributed by atoms with van der Waals surface area (Å²) in [5.41, 5.74) is 2.93. The van der Waals surface area contributed by atoms with E-state index in [4.69, 9.17) is 0 Å². The zero-order chi connectivity index (χ0) is 16.7. The summed E-state index contributed by atoms with van der Waals surface area (Å²) < 4.78 is 0. The fourth-order valence-electron chi connectivity index (χ4n) is 2.72. The van der Waals surface area contributed by atoms with E-state index in [-0.39, 0.29) is 29.5 Å². The van der Waals surface area contributed by atoms with Crippen LogP contribution in [0, 0.1) is 0 Å². The van der Waals surface area contributed by atoms with E-state index in [1.54, 1.807) is 0 Å². The Hall–Kier alpha value is -1.08. The summed E-state index contributed by atoms with van der Waals surface area (Å²) in [7, 11) is 1.86. The maximum Gasteiger partial charge on any atom is 0.193 e. The van der Waals surface area contributed by atoms with Gasteiger partial charge in [-0.2, -0.15) is 0 Å². The first-order chi connectivity index (χ1) is 11.0. The second-order valence-corrected chi connectivity index (χ2v) is 6.94. The molecular formula is C19H31IN4. The monoisotopic (exact) mass is 442 g/mol. The van der Waals surface area contributed by atoms with Crippen molar-refractivity contribution in [1.29, 1.82) is 0 Å². The van der Waals surface area contributed by atoms with E-state index in [1.807, 2.05) is 7.05 Å². The average molecular weight is 442 g/mol. The minimum absolute atomic E-state index is 0. The molecule has 24 heavy (non-hydrogen) atoms. The number of benzene rings is 1. The van der Waals surface area contributed by atoms with Crippen molar-refractivity contribution in [3.05, 3.63) is 42.0 Å². The number of guanidine groups is 1. The van der Waals surface area contributed by atoms with Crippen LogP contribution in [-0.4, -0.2) is 49.6 Å². The molecule has 5 heteroatoms. The normalized spacial score (nSPS) is 15.6. The third kappa shape index (κ3) is 6.81. The Balaban J connectivity index is 0.00000288. The van der Waals surface area contributed by atoms with Crippen molar-refractivity contribution >= 4 is 35.5 Å². The quantitative estimate of drug-likeness (QED) is 0.325. The van der Waals surface area contributed by atoms with Crippen LogP contribution in [0.4, 0.5) is 0 Å². The third-order valence-corrected chi connectivity index (χ3v) is 3.93. The molecule has 0 fully saturated rings. The number of rotatable bonds is 4. The zero-order valence-corrected chi connectivity index (χ0v) is 17.6. The molecule has 1 aromatic carbocycles. The van der Waals surface area contributed by atoms with Gasteiger partial charge in [0.15, 0.2) is 5.96 Å². The Morgan fingerprint density at radius 3 is 2.42 bits per heavy atom. The Bertz CT molecular complexity index is 546. The molecule has 134 valence electrons. The van der Waals surface area contributed by atoms with E-state index in [2.05, 4.69) is 77.7 Å². The van der Waals surface area contributed by atoms with E-state index in [0.717, 1.165) is 38.6 Å². The number of hydrogen-bond acceptors (Lipinski definition) is 2. The van der Waals surface area contributed by atoms with Gasteiger partial charge in [0.05, 0.1) is 0 Å². The molecule has 0 aromatic heterocycles. The van der Waals surface area contributed by atoms with Gasteiger partial charge in [0.25, 0.3) is 0 Å². The molecule has 1 aliphatic heterocycles. The standard InChI is InChI=1S/C19H30N4.HI/c1-19(2,3)22-13-12-21-18(20-4)23-14-10-17(11-15-23)16-8-6-5-7-9-16;/h5-10,22H,11-15H2,1-4H3,(H,20,21);1H. The number of nitrogens with zero attached hydrogens (tertiary/aromatic N) is 2. The van der Waals surface area contributed by atoms with Crippen LogP contribution in [0.15, 0.2) is 41.4 Å². The van der Waals surface area contributed by atoms with E-state index >= 15 is 0 Å². The fraction of sp³-hybridized carbons (Fsp3) is 0.526. The molecule has 0 unspecified atom stereocenters. The van der Waals surface area contributed by atoms with Gasteiger partial charge in [-0.1, -0.05) is 36.4 Å². The van der Waals surface area contributed by atoms with Gasteiger partial charge in [-0.25, -0.2) is 0 Å². The molecule has 0 saturated heterocycles. The zero-order valence-electron chi connectivity index (χ0n) is 15.3. The SMILES string of the molecule is CN=C(NCCNC(C)(C)C)N1CC=C(c2ccccc2)CC1.I. The highest BCUT2D eigenvalue weighted by Crippen LogP contribution is 2.21. The van der Waals surface area contributed by atoms with E-state index in [1.165, 1.54) is 11.1 Å². The summed E-state index contributed by atoms with van der Waals surface area (Å²) in [5, 5.41) is 6.94. The second-order valence-electron chi connectivity index (χ2n) is 6.94. The van der Waals surface area contributed by atoms with Crippen LogP contribution in [0.5, 0.6) is 0 Å². The lowest BCUT2D eigenvalue weighted by Gasteiger charge is -2.30.